The monoisotopic (exact) mass is 435 g/mol. The molecule has 1 aromatic carbocycles. The van der Waals surface area contributed by atoms with Crippen molar-refractivity contribution in [2.45, 2.75) is 39.7 Å². The number of methoxy groups -OCH3 is 1. The highest BCUT2D eigenvalue weighted by molar-refractivity contribution is 14.0. The molecular weight excluding hydrogens is 405 g/mol. The molecule has 23 heavy (non-hydrogen) atoms. The van der Waals surface area contributed by atoms with Crippen molar-refractivity contribution in [2.75, 3.05) is 27.3 Å². The highest BCUT2D eigenvalue weighted by atomic mass is 127. The van der Waals surface area contributed by atoms with Gasteiger partial charge in [-0.05, 0) is 31.0 Å². The van der Waals surface area contributed by atoms with E-state index in [1.807, 2.05) is 25.1 Å². The number of nitrogens with zero attached hydrogens (tertiary/aromatic N) is 1. The summed E-state index contributed by atoms with van der Waals surface area (Å²) in [5, 5.41) is 6.63. The molecule has 5 nitrogen and oxygen atoms in total. The summed E-state index contributed by atoms with van der Waals surface area (Å²) in [5.41, 5.74) is 1.13. The lowest BCUT2D eigenvalue weighted by atomic mass is 10.2. The van der Waals surface area contributed by atoms with Crippen LogP contribution < -0.4 is 20.1 Å². The van der Waals surface area contributed by atoms with Gasteiger partial charge in [-0.25, -0.2) is 0 Å². The number of benzene rings is 1. The van der Waals surface area contributed by atoms with Crippen LogP contribution in [0.5, 0.6) is 11.5 Å². The van der Waals surface area contributed by atoms with E-state index in [0.29, 0.717) is 13.2 Å². The van der Waals surface area contributed by atoms with E-state index in [-0.39, 0.29) is 24.0 Å². The quantitative estimate of drug-likeness (QED) is 0.270. The van der Waals surface area contributed by atoms with Crippen LogP contribution in [0.25, 0.3) is 0 Å². The van der Waals surface area contributed by atoms with Gasteiger partial charge in [0.25, 0.3) is 0 Å². The van der Waals surface area contributed by atoms with Crippen LogP contribution in [0.4, 0.5) is 0 Å². The minimum absolute atomic E-state index is 0. The number of unbranched alkanes of at least 4 members (excludes halogenated alkanes) is 2. The maximum Gasteiger partial charge on any atom is 0.191 e. The van der Waals surface area contributed by atoms with Crippen molar-refractivity contribution in [1.29, 1.82) is 0 Å². The summed E-state index contributed by atoms with van der Waals surface area (Å²) in [6.07, 6.45) is 3.62. The molecule has 1 rings (SSSR count). The van der Waals surface area contributed by atoms with Gasteiger partial charge in [0.05, 0.1) is 13.7 Å². The number of hydrogen-bond donors (Lipinski definition) is 2. The number of ether oxygens (including phenoxy) is 2. The van der Waals surface area contributed by atoms with Gasteiger partial charge in [0.15, 0.2) is 17.5 Å². The van der Waals surface area contributed by atoms with Gasteiger partial charge in [0.2, 0.25) is 0 Å². The molecular formula is C17H30IN3O2. The summed E-state index contributed by atoms with van der Waals surface area (Å²) in [6.45, 7) is 6.42. The standard InChI is InChI=1S/C17H29N3O2.HI/c1-5-7-8-11-19-17(18-3)20-13-14-9-10-15(21-4)16(12-14)22-6-2;/h9-10,12H,5-8,11,13H2,1-4H3,(H2,18,19,20);1H. The summed E-state index contributed by atoms with van der Waals surface area (Å²) in [7, 11) is 3.44. The lowest BCUT2D eigenvalue weighted by Crippen LogP contribution is -2.37. The topological polar surface area (TPSA) is 54.9 Å². The number of hydrogen-bond acceptors (Lipinski definition) is 3. The zero-order chi connectivity index (χ0) is 16.2. The molecule has 0 aliphatic heterocycles. The lowest BCUT2D eigenvalue weighted by Gasteiger charge is -2.14. The molecule has 0 saturated heterocycles. The molecule has 0 unspecified atom stereocenters. The summed E-state index contributed by atoms with van der Waals surface area (Å²) in [4.78, 5) is 4.23. The molecule has 0 amide bonds. The molecule has 0 bridgehead atoms. The zero-order valence-corrected chi connectivity index (χ0v) is 17.0. The van der Waals surface area contributed by atoms with Gasteiger partial charge in [-0.1, -0.05) is 25.8 Å². The predicted octanol–water partition coefficient (Wildman–Crippen LogP) is 3.57. The maximum atomic E-state index is 5.59. The molecule has 2 N–H and O–H groups in total. The number of halogens is 1. The van der Waals surface area contributed by atoms with Crippen molar-refractivity contribution in [3.05, 3.63) is 23.8 Å². The van der Waals surface area contributed by atoms with E-state index in [4.69, 9.17) is 9.47 Å². The van der Waals surface area contributed by atoms with Crippen molar-refractivity contribution in [3.8, 4) is 11.5 Å². The summed E-state index contributed by atoms with van der Waals surface area (Å²) < 4.78 is 10.9. The molecule has 132 valence electrons. The fourth-order valence-corrected chi connectivity index (χ4v) is 2.09. The van der Waals surface area contributed by atoms with Gasteiger partial charge in [0, 0.05) is 20.1 Å². The largest absolute Gasteiger partial charge is 0.493 e. The molecule has 0 atom stereocenters. The van der Waals surface area contributed by atoms with Crippen LogP contribution in [0.2, 0.25) is 0 Å². The number of aliphatic imine (C=N–C) groups is 1. The Morgan fingerprint density at radius 2 is 1.91 bits per heavy atom. The summed E-state index contributed by atoms with van der Waals surface area (Å²) in [5.74, 6) is 2.35. The van der Waals surface area contributed by atoms with Gasteiger partial charge in [-0.3, -0.25) is 4.99 Å². The molecule has 0 aliphatic rings. The first-order valence-electron chi connectivity index (χ1n) is 7.99. The third-order valence-electron chi connectivity index (χ3n) is 3.28. The van der Waals surface area contributed by atoms with E-state index >= 15 is 0 Å². The van der Waals surface area contributed by atoms with Gasteiger partial charge in [-0.2, -0.15) is 0 Å². The maximum absolute atomic E-state index is 5.59. The smallest absolute Gasteiger partial charge is 0.191 e. The van der Waals surface area contributed by atoms with E-state index in [2.05, 4.69) is 22.5 Å². The predicted molar refractivity (Wildman–Crippen MR) is 107 cm³/mol. The van der Waals surface area contributed by atoms with Gasteiger partial charge in [0.1, 0.15) is 0 Å². The lowest BCUT2D eigenvalue weighted by molar-refractivity contribution is 0.310. The molecule has 0 radical (unpaired) electrons. The van der Waals surface area contributed by atoms with E-state index < -0.39 is 0 Å². The fourth-order valence-electron chi connectivity index (χ4n) is 2.09. The summed E-state index contributed by atoms with van der Waals surface area (Å²) >= 11 is 0. The first kappa shape index (κ1) is 21.8. The van der Waals surface area contributed by atoms with Crippen LogP contribution in [0.3, 0.4) is 0 Å². The van der Waals surface area contributed by atoms with Crippen molar-refractivity contribution < 1.29 is 9.47 Å². The van der Waals surface area contributed by atoms with Gasteiger partial charge >= 0.3 is 0 Å². The highest BCUT2D eigenvalue weighted by Crippen LogP contribution is 2.27. The minimum Gasteiger partial charge on any atom is -0.493 e. The van der Waals surface area contributed by atoms with Gasteiger partial charge in [-0.15, -0.1) is 24.0 Å². The molecule has 0 aromatic heterocycles. The van der Waals surface area contributed by atoms with Crippen molar-refractivity contribution in [1.82, 2.24) is 10.6 Å². The van der Waals surface area contributed by atoms with Crippen molar-refractivity contribution >= 4 is 29.9 Å². The van der Waals surface area contributed by atoms with E-state index in [1.54, 1.807) is 14.2 Å². The minimum atomic E-state index is 0. The Balaban J connectivity index is 0.00000484. The Kier molecular flexibility index (Phi) is 12.6. The van der Waals surface area contributed by atoms with Gasteiger partial charge < -0.3 is 20.1 Å². The number of guanidine groups is 1. The Morgan fingerprint density at radius 3 is 2.52 bits per heavy atom. The SMILES string of the molecule is CCCCCNC(=NC)NCc1ccc(OC)c(OCC)c1.I. The van der Waals surface area contributed by atoms with Crippen molar-refractivity contribution in [2.24, 2.45) is 4.99 Å². The van der Waals surface area contributed by atoms with Crippen LogP contribution in [0.1, 0.15) is 38.7 Å². The van der Waals surface area contributed by atoms with Crippen LogP contribution in [-0.2, 0) is 6.54 Å². The van der Waals surface area contributed by atoms with E-state index in [1.165, 1.54) is 12.8 Å². The summed E-state index contributed by atoms with van der Waals surface area (Å²) in [6, 6.07) is 5.96. The Hall–Kier alpha value is -1.18. The second kappa shape index (κ2) is 13.3. The van der Waals surface area contributed by atoms with Crippen LogP contribution in [0.15, 0.2) is 23.2 Å². The number of rotatable bonds is 9. The second-order valence-electron chi connectivity index (χ2n) is 4.98. The third kappa shape index (κ3) is 8.29. The number of nitrogens with one attached hydrogen (secondary N) is 2. The zero-order valence-electron chi connectivity index (χ0n) is 14.6. The molecule has 0 spiro atoms. The third-order valence-corrected chi connectivity index (χ3v) is 3.28. The average molecular weight is 435 g/mol. The Labute approximate surface area is 157 Å². The first-order chi connectivity index (χ1) is 10.7. The molecule has 0 fully saturated rings. The molecule has 0 saturated carbocycles. The van der Waals surface area contributed by atoms with Crippen LogP contribution in [-0.4, -0.2) is 33.3 Å². The normalized spacial score (nSPS) is 10.7. The highest BCUT2D eigenvalue weighted by Gasteiger charge is 2.06. The Bertz CT molecular complexity index is 467. The van der Waals surface area contributed by atoms with E-state index in [9.17, 15) is 0 Å². The fraction of sp³-hybridized carbons (Fsp3) is 0.588. The first-order valence-corrected chi connectivity index (χ1v) is 7.99. The molecule has 0 aliphatic carbocycles. The van der Waals surface area contributed by atoms with Crippen LogP contribution >= 0.6 is 24.0 Å². The van der Waals surface area contributed by atoms with Crippen molar-refractivity contribution in [3.63, 3.8) is 0 Å². The Morgan fingerprint density at radius 1 is 1.13 bits per heavy atom. The second-order valence-corrected chi connectivity index (χ2v) is 4.98. The molecule has 6 heteroatoms. The molecule has 1 aromatic rings. The van der Waals surface area contributed by atoms with Crippen LogP contribution in [0, 0.1) is 0 Å². The average Bonchev–Trinajstić information content (AvgIpc) is 2.55. The molecule has 0 heterocycles. The van der Waals surface area contributed by atoms with E-state index in [0.717, 1.165) is 36.0 Å².